The van der Waals surface area contributed by atoms with Gasteiger partial charge in [0.2, 0.25) is 0 Å². The zero-order valence-corrected chi connectivity index (χ0v) is 10.2. The first-order valence-corrected chi connectivity index (χ1v) is 5.59. The van der Waals surface area contributed by atoms with E-state index in [1.165, 1.54) is 6.07 Å². The molecule has 1 atom stereocenters. The Balaban J connectivity index is 2.03. The van der Waals surface area contributed by atoms with Crippen molar-refractivity contribution in [1.29, 1.82) is 0 Å². The summed E-state index contributed by atoms with van der Waals surface area (Å²) in [5.41, 5.74) is 0.297. The van der Waals surface area contributed by atoms with Gasteiger partial charge >= 0.3 is 0 Å². The van der Waals surface area contributed by atoms with Crippen molar-refractivity contribution in [2.75, 3.05) is 0 Å². The Morgan fingerprint density at radius 2 is 2.17 bits per heavy atom. The summed E-state index contributed by atoms with van der Waals surface area (Å²) in [5.74, 6) is -1.04. The molecule has 4 nitrogen and oxygen atoms in total. The molecule has 0 aliphatic rings. The van der Waals surface area contributed by atoms with Crippen LogP contribution in [-0.2, 0) is 13.6 Å². The molecule has 0 bridgehead atoms. The van der Waals surface area contributed by atoms with Gasteiger partial charge in [-0.25, -0.2) is 13.8 Å². The second-order valence-electron chi connectivity index (χ2n) is 4.08. The van der Waals surface area contributed by atoms with Crippen LogP contribution in [0.2, 0.25) is 0 Å². The predicted molar refractivity (Wildman–Crippen MR) is 62.6 cm³/mol. The van der Waals surface area contributed by atoms with E-state index in [0.717, 1.165) is 6.07 Å². The Kier molecular flexibility index (Phi) is 3.66. The van der Waals surface area contributed by atoms with Gasteiger partial charge in [0, 0.05) is 18.7 Å². The third kappa shape index (κ3) is 2.70. The molecule has 1 heterocycles. The molecule has 0 saturated carbocycles. The van der Waals surface area contributed by atoms with E-state index in [9.17, 15) is 8.78 Å². The number of aromatic nitrogens is 3. The summed E-state index contributed by atoms with van der Waals surface area (Å²) in [4.78, 5) is 4.04. The second-order valence-corrected chi connectivity index (χ2v) is 4.08. The quantitative estimate of drug-likeness (QED) is 0.904. The number of rotatable bonds is 4. The van der Waals surface area contributed by atoms with Gasteiger partial charge in [0.1, 0.15) is 6.33 Å². The van der Waals surface area contributed by atoms with Crippen LogP contribution in [0.25, 0.3) is 0 Å². The summed E-state index contributed by atoms with van der Waals surface area (Å²) in [7, 11) is 1.77. The molecule has 1 unspecified atom stereocenters. The Hall–Kier alpha value is -1.82. The molecule has 0 aliphatic carbocycles. The molecule has 2 aromatic rings. The molecule has 0 aliphatic heterocycles. The summed E-state index contributed by atoms with van der Waals surface area (Å²) >= 11 is 0. The van der Waals surface area contributed by atoms with Gasteiger partial charge < -0.3 is 5.32 Å². The fourth-order valence-electron chi connectivity index (χ4n) is 1.67. The zero-order valence-electron chi connectivity index (χ0n) is 10.2. The van der Waals surface area contributed by atoms with E-state index in [0.29, 0.717) is 17.9 Å². The molecule has 6 heteroatoms. The van der Waals surface area contributed by atoms with E-state index in [1.807, 2.05) is 0 Å². The second kappa shape index (κ2) is 5.22. The molecule has 2 rings (SSSR count). The smallest absolute Gasteiger partial charge is 0.164 e. The maximum atomic E-state index is 13.5. The van der Waals surface area contributed by atoms with Gasteiger partial charge in [-0.2, -0.15) is 5.10 Å². The standard InChI is InChI=1S/C12H14F2N4/c1-8(9-4-3-5-10(13)12(9)14)15-6-11-16-7-18(2)17-11/h3-5,7-8,15H,6H2,1-2H3. The van der Waals surface area contributed by atoms with Crippen LogP contribution in [-0.4, -0.2) is 14.8 Å². The summed E-state index contributed by atoms with van der Waals surface area (Å²) in [6.45, 7) is 2.17. The van der Waals surface area contributed by atoms with Gasteiger partial charge in [0.05, 0.1) is 6.54 Å². The van der Waals surface area contributed by atoms with Gasteiger partial charge in [-0.1, -0.05) is 12.1 Å². The molecule has 96 valence electrons. The van der Waals surface area contributed by atoms with E-state index in [-0.39, 0.29) is 6.04 Å². The topological polar surface area (TPSA) is 42.7 Å². The third-order valence-corrected chi connectivity index (χ3v) is 2.66. The van der Waals surface area contributed by atoms with Crippen molar-refractivity contribution >= 4 is 0 Å². The van der Waals surface area contributed by atoms with Crippen LogP contribution in [0, 0.1) is 11.6 Å². The lowest BCUT2D eigenvalue weighted by Gasteiger charge is -2.14. The highest BCUT2D eigenvalue weighted by atomic mass is 19.2. The van der Waals surface area contributed by atoms with E-state index >= 15 is 0 Å². The normalized spacial score (nSPS) is 12.7. The summed E-state index contributed by atoms with van der Waals surface area (Å²) in [6.07, 6.45) is 1.59. The zero-order chi connectivity index (χ0) is 13.1. The highest BCUT2D eigenvalue weighted by Gasteiger charge is 2.14. The molecule has 18 heavy (non-hydrogen) atoms. The van der Waals surface area contributed by atoms with Crippen LogP contribution in [0.4, 0.5) is 8.78 Å². The van der Waals surface area contributed by atoms with Crippen molar-refractivity contribution in [1.82, 2.24) is 20.1 Å². The minimum atomic E-state index is -0.836. The number of nitrogens with zero attached hydrogens (tertiary/aromatic N) is 3. The first-order valence-electron chi connectivity index (χ1n) is 5.59. The van der Waals surface area contributed by atoms with E-state index in [4.69, 9.17) is 0 Å². The van der Waals surface area contributed by atoms with Crippen LogP contribution in [0.3, 0.4) is 0 Å². The fourth-order valence-corrected chi connectivity index (χ4v) is 1.67. The van der Waals surface area contributed by atoms with Crippen molar-refractivity contribution in [2.45, 2.75) is 19.5 Å². The number of benzene rings is 1. The van der Waals surface area contributed by atoms with Crippen molar-refractivity contribution in [2.24, 2.45) is 7.05 Å². The van der Waals surface area contributed by atoms with Crippen molar-refractivity contribution in [3.8, 4) is 0 Å². The molecule has 1 N–H and O–H groups in total. The minimum Gasteiger partial charge on any atom is -0.303 e. The maximum absolute atomic E-state index is 13.5. The average molecular weight is 252 g/mol. The van der Waals surface area contributed by atoms with Gasteiger partial charge in [0.15, 0.2) is 17.5 Å². The molecule has 0 spiro atoms. The molecule has 0 saturated heterocycles. The Morgan fingerprint density at radius 3 is 2.83 bits per heavy atom. The largest absolute Gasteiger partial charge is 0.303 e. The van der Waals surface area contributed by atoms with Crippen LogP contribution < -0.4 is 5.32 Å². The van der Waals surface area contributed by atoms with Crippen LogP contribution >= 0.6 is 0 Å². The number of halogens is 2. The van der Waals surface area contributed by atoms with Crippen molar-refractivity contribution in [3.63, 3.8) is 0 Å². The highest BCUT2D eigenvalue weighted by molar-refractivity contribution is 5.21. The lowest BCUT2D eigenvalue weighted by molar-refractivity contribution is 0.470. The molecule has 1 aromatic carbocycles. The van der Waals surface area contributed by atoms with Crippen molar-refractivity contribution in [3.05, 3.63) is 47.5 Å². The maximum Gasteiger partial charge on any atom is 0.164 e. The molecular formula is C12H14F2N4. The Labute approximate surface area is 104 Å². The summed E-state index contributed by atoms with van der Waals surface area (Å²) in [5, 5.41) is 7.14. The van der Waals surface area contributed by atoms with Gasteiger partial charge in [0.25, 0.3) is 0 Å². The average Bonchev–Trinajstić information content (AvgIpc) is 2.76. The Bertz CT molecular complexity index is 539. The number of aryl methyl sites for hydroxylation is 1. The fraction of sp³-hybridized carbons (Fsp3) is 0.333. The van der Waals surface area contributed by atoms with Crippen LogP contribution in [0.5, 0.6) is 0 Å². The summed E-state index contributed by atoms with van der Waals surface area (Å²) in [6, 6.07) is 3.84. The molecule has 0 amide bonds. The first kappa shape index (κ1) is 12.6. The van der Waals surface area contributed by atoms with Gasteiger partial charge in [-0.05, 0) is 13.0 Å². The van der Waals surface area contributed by atoms with Gasteiger partial charge in [-0.15, -0.1) is 0 Å². The van der Waals surface area contributed by atoms with E-state index in [1.54, 1.807) is 31.0 Å². The molecule has 0 fully saturated rings. The lowest BCUT2D eigenvalue weighted by atomic mass is 10.1. The SMILES string of the molecule is CC(NCc1ncn(C)n1)c1cccc(F)c1F. The van der Waals surface area contributed by atoms with Crippen LogP contribution in [0.15, 0.2) is 24.5 Å². The number of hydrogen-bond donors (Lipinski definition) is 1. The molecule has 0 radical (unpaired) electrons. The first-order chi connectivity index (χ1) is 8.58. The third-order valence-electron chi connectivity index (χ3n) is 2.66. The summed E-state index contributed by atoms with van der Waals surface area (Å²) < 4.78 is 28.2. The van der Waals surface area contributed by atoms with E-state index < -0.39 is 11.6 Å². The number of nitrogens with one attached hydrogen (secondary N) is 1. The highest BCUT2D eigenvalue weighted by Crippen LogP contribution is 2.18. The van der Waals surface area contributed by atoms with Crippen LogP contribution in [0.1, 0.15) is 24.4 Å². The van der Waals surface area contributed by atoms with Crippen molar-refractivity contribution < 1.29 is 8.78 Å². The predicted octanol–water partition coefficient (Wildman–Crippen LogP) is 1.94. The Morgan fingerprint density at radius 1 is 1.39 bits per heavy atom. The minimum absolute atomic E-state index is 0.297. The number of hydrogen-bond acceptors (Lipinski definition) is 3. The van der Waals surface area contributed by atoms with Gasteiger partial charge in [-0.3, -0.25) is 4.68 Å². The lowest BCUT2D eigenvalue weighted by Crippen LogP contribution is -2.20. The molecular weight excluding hydrogens is 238 g/mol. The van der Waals surface area contributed by atoms with E-state index in [2.05, 4.69) is 15.4 Å². The monoisotopic (exact) mass is 252 g/mol. The molecule has 1 aromatic heterocycles.